The van der Waals surface area contributed by atoms with Crippen LogP contribution >= 0.6 is 0 Å². The molecule has 1 rings (SSSR count). The number of aliphatic hydroxyl groups is 1. The van der Waals surface area contributed by atoms with Crippen LogP contribution in [0.25, 0.3) is 0 Å². The maximum atomic E-state index is 9.56. The number of amidine groups is 1. The van der Waals surface area contributed by atoms with Crippen molar-refractivity contribution in [2.24, 2.45) is 4.99 Å². The van der Waals surface area contributed by atoms with Gasteiger partial charge in [0.15, 0.2) is 0 Å². The van der Waals surface area contributed by atoms with E-state index in [0.717, 1.165) is 25.3 Å². The quantitative estimate of drug-likeness (QED) is 0.155. The second-order valence-corrected chi connectivity index (χ2v) is 9.31. The summed E-state index contributed by atoms with van der Waals surface area (Å²) in [7, 11) is -4.17. The van der Waals surface area contributed by atoms with Crippen molar-refractivity contribution in [3.63, 3.8) is 0 Å². The fraction of sp³-hybridized carbons (Fsp3) is 0.875. The van der Waals surface area contributed by atoms with E-state index in [2.05, 4.69) is 33.2 Å². The molecule has 0 fully saturated rings. The van der Waals surface area contributed by atoms with E-state index in [1.807, 2.05) is 0 Å². The predicted octanol–water partition coefficient (Wildman–Crippen LogP) is 5.72. The molecule has 8 nitrogen and oxygen atoms in total. The van der Waals surface area contributed by atoms with E-state index in [1.54, 1.807) is 0 Å². The van der Waals surface area contributed by atoms with Crippen molar-refractivity contribution < 1.29 is 22.3 Å². The first-order valence-corrected chi connectivity index (χ1v) is 14.0. The molecule has 1 heterocycles. The fourth-order valence-corrected chi connectivity index (χ4v) is 3.92. The maximum absolute atomic E-state index is 9.56. The van der Waals surface area contributed by atoms with Crippen LogP contribution in [0.2, 0.25) is 0 Å². The van der Waals surface area contributed by atoms with E-state index in [4.69, 9.17) is 9.66 Å². The van der Waals surface area contributed by atoms with Crippen molar-refractivity contribution in [1.29, 1.82) is 0 Å². The van der Waals surface area contributed by atoms with Crippen molar-refractivity contribution in [3.8, 4) is 0 Å². The summed E-state index contributed by atoms with van der Waals surface area (Å²) < 4.78 is 30.7. The van der Waals surface area contributed by atoms with Gasteiger partial charge in [0.2, 0.25) is 0 Å². The van der Waals surface area contributed by atoms with Crippen LogP contribution in [0.1, 0.15) is 104 Å². The third kappa shape index (κ3) is 23.9. The number of allylic oxidation sites excluding steroid dienone is 1. The Bertz CT molecular complexity index is 583. The minimum absolute atomic E-state index is 0. The summed E-state index contributed by atoms with van der Waals surface area (Å²) in [6.07, 6.45) is 23.9. The van der Waals surface area contributed by atoms with E-state index >= 15 is 0 Å². The van der Waals surface area contributed by atoms with Crippen LogP contribution in [-0.4, -0.2) is 61.7 Å². The zero-order chi connectivity index (χ0) is 23.9. The number of nitrogens with zero attached hydrogens (tertiary/aromatic N) is 2. The van der Waals surface area contributed by atoms with E-state index in [1.165, 1.54) is 90.4 Å². The smallest absolute Gasteiger partial charge is 0.395 e. The molecule has 5 N–H and O–H groups in total. The predicted molar refractivity (Wildman–Crippen MR) is 139 cm³/mol. The zero-order valence-electron chi connectivity index (χ0n) is 21.2. The molecule has 0 bridgehead atoms. The molecular formula is C24H51N3O5S. The van der Waals surface area contributed by atoms with Crippen LogP contribution in [0.4, 0.5) is 0 Å². The van der Waals surface area contributed by atoms with Gasteiger partial charge >= 0.3 is 10.4 Å². The average molecular weight is 494 g/mol. The molecule has 33 heavy (non-hydrogen) atoms. The van der Waals surface area contributed by atoms with Crippen molar-refractivity contribution in [2.75, 3.05) is 32.8 Å². The second-order valence-electron chi connectivity index (χ2n) is 8.22. The Balaban J connectivity index is 0. The van der Waals surface area contributed by atoms with Crippen LogP contribution in [-0.2, 0) is 14.6 Å². The van der Waals surface area contributed by atoms with Gasteiger partial charge in [0.1, 0.15) is 5.84 Å². The molecule has 0 atom stereocenters. The summed E-state index contributed by atoms with van der Waals surface area (Å²) in [5, 5.41) is 9.03. The number of unbranched alkanes of at least 4 members (excludes halogenated alkanes) is 13. The van der Waals surface area contributed by atoms with Crippen molar-refractivity contribution in [1.82, 2.24) is 11.1 Å². The fourth-order valence-electron chi connectivity index (χ4n) is 3.62. The van der Waals surface area contributed by atoms with Gasteiger partial charge in [-0.1, -0.05) is 90.0 Å². The highest BCUT2D eigenvalue weighted by molar-refractivity contribution is 7.80. The van der Waals surface area contributed by atoms with Gasteiger partial charge in [-0.2, -0.15) is 8.42 Å². The molecule has 0 aliphatic carbocycles. The number of rotatable bonds is 19. The molecule has 0 radical (unpaired) electrons. The van der Waals surface area contributed by atoms with Crippen LogP contribution in [0, 0.1) is 0 Å². The molecule has 0 aromatic rings. The monoisotopic (exact) mass is 493 g/mol. The Morgan fingerprint density at radius 2 is 1.45 bits per heavy atom. The van der Waals surface area contributed by atoms with Gasteiger partial charge in [-0.25, -0.2) is 4.18 Å². The number of β-amino-alcohol motifs (C(OH)–C–C–N with tert-alkyl or cyclic N) is 1. The van der Waals surface area contributed by atoms with E-state index in [0.29, 0.717) is 6.54 Å². The number of aliphatic imine (C=N–C) groups is 1. The summed E-state index contributed by atoms with van der Waals surface area (Å²) in [5.74, 6) is 1.06. The summed E-state index contributed by atoms with van der Waals surface area (Å²) in [4.78, 5) is 6.65. The average Bonchev–Trinajstić information content (AvgIpc) is 3.18. The Labute approximate surface area is 203 Å². The Hall–Kier alpha value is -1.00. The molecule has 198 valence electrons. The van der Waals surface area contributed by atoms with Crippen molar-refractivity contribution >= 4 is 16.2 Å². The topological polar surface area (TPSA) is 134 Å². The molecule has 0 spiro atoms. The first-order chi connectivity index (χ1) is 15.4. The summed E-state index contributed by atoms with van der Waals surface area (Å²) in [5.41, 5.74) is 0. The molecular weight excluding hydrogens is 442 g/mol. The summed E-state index contributed by atoms with van der Waals surface area (Å²) in [6.45, 7) is 6.48. The standard InChI is InChI=1S/C22H42N2O.C2H6O4S.H3N/c1-2-3-4-5-6-7-8-9-10-11-12-13-14-15-16-17-22-23-18-19-24(22)20-21-25;1-2-6-7(3,4)5;/h16-17,25H,2-15,18-21H2,1H3;2H2,1H3,(H,3,4,5);1H3. The lowest BCUT2D eigenvalue weighted by molar-refractivity contribution is 0.257. The van der Waals surface area contributed by atoms with Gasteiger partial charge in [-0.15, -0.1) is 0 Å². The van der Waals surface area contributed by atoms with Gasteiger partial charge in [0.05, 0.1) is 19.8 Å². The summed E-state index contributed by atoms with van der Waals surface area (Å²) >= 11 is 0. The van der Waals surface area contributed by atoms with Crippen LogP contribution < -0.4 is 6.15 Å². The molecule has 0 aromatic carbocycles. The lowest BCUT2D eigenvalue weighted by Gasteiger charge is -2.16. The Morgan fingerprint density at radius 1 is 0.939 bits per heavy atom. The minimum Gasteiger partial charge on any atom is -0.395 e. The lowest BCUT2D eigenvalue weighted by atomic mass is 10.0. The van der Waals surface area contributed by atoms with Gasteiger partial charge in [0, 0.05) is 13.1 Å². The van der Waals surface area contributed by atoms with Crippen molar-refractivity contribution in [3.05, 3.63) is 12.2 Å². The Kier molecular flexibility index (Phi) is 25.0. The van der Waals surface area contributed by atoms with E-state index in [9.17, 15) is 8.42 Å². The lowest BCUT2D eigenvalue weighted by Crippen LogP contribution is -2.29. The molecule has 0 amide bonds. The Morgan fingerprint density at radius 3 is 1.88 bits per heavy atom. The van der Waals surface area contributed by atoms with Crippen LogP contribution in [0.5, 0.6) is 0 Å². The largest absolute Gasteiger partial charge is 0.397 e. The first-order valence-electron chi connectivity index (χ1n) is 12.6. The highest BCUT2D eigenvalue weighted by Gasteiger charge is 2.12. The molecule has 1 aliphatic rings. The van der Waals surface area contributed by atoms with Gasteiger partial charge in [-0.3, -0.25) is 9.55 Å². The highest BCUT2D eigenvalue weighted by Crippen LogP contribution is 2.13. The van der Waals surface area contributed by atoms with Crippen LogP contribution in [0.3, 0.4) is 0 Å². The SMILES string of the molecule is CCCCCCCCCCCCCCCC=CC1=NCCN1CCO.CCOS(=O)(=O)O.N. The minimum atomic E-state index is -4.17. The maximum Gasteiger partial charge on any atom is 0.397 e. The number of hydrogen-bond acceptors (Lipinski definition) is 7. The number of aliphatic hydroxyl groups excluding tert-OH is 1. The highest BCUT2D eigenvalue weighted by atomic mass is 32.3. The normalized spacial score (nSPS) is 13.6. The van der Waals surface area contributed by atoms with Gasteiger partial charge in [-0.05, 0) is 25.8 Å². The third-order valence-corrected chi connectivity index (χ3v) is 5.88. The van der Waals surface area contributed by atoms with Crippen molar-refractivity contribution in [2.45, 2.75) is 104 Å². The van der Waals surface area contributed by atoms with Crippen LogP contribution in [0.15, 0.2) is 17.1 Å². The molecule has 0 saturated carbocycles. The first kappa shape index (κ1) is 34.2. The summed E-state index contributed by atoms with van der Waals surface area (Å²) in [6, 6.07) is 0. The molecule has 0 aromatic heterocycles. The van der Waals surface area contributed by atoms with Gasteiger partial charge < -0.3 is 16.2 Å². The molecule has 0 saturated heterocycles. The third-order valence-electron chi connectivity index (χ3n) is 5.35. The van der Waals surface area contributed by atoms with E-state index in [-0.39, 0.29) is 19.4 Å². The van der Waals surface area contributed by atoms with E-state index < -0.39 is 10.4 Å². The van der Waals surface area contributed by atoms with Gasteiger partial charge in [0.25, 0.3) is 0 Å². The number of hydrogen-bond donors (Lipinski definition) is 3. The zero-order valence-corrected chi connectivity index (χ0v) is 22.0. The molecule has 9 heteroatoms. The molecule has 1 aliphatic heterocycles. The molecule has 0 unspecified atom stereocenters. The second kappa shape index (κ2) is 24.1.